The summed E-state index contributed by atoms with van der Waals surface area (Å²) in [6.07, 6.45) is 14.9. The molecule has 1 amide bonds. The molecule has 2 unspecified atom stereocenters. The van der Waals surface area contributed by atoms with Crippen molar-refractivity contribution in [1.82, 2.24) is 40.2 Å². The van der Waals surface area contributed by atoms with Gasteiger partial charge in [-0.1, -0.05) is 63.4 Å². The number of nitrogens with one attached hydrogen (secondary N) is 5. The molecule has 0 saturated carbocycles. The molecule has 2 fully saturated rings. The molecule has 16 nitrogen and oxygen atoms in total. The number of likely N-dealkylation sites (N-methyl/N-ethyl adjacent to an activating group) is 2. The molecule has 4 aliphatic heterocycles. The van der Waals surface area contributed by atoms with Gasteiger partial charge in [0.05, 0.1) is 0 Å². The van der Waals surface area contributed by atoms with Crippen LogP contribution in [0.3, 0.4) is 0 Å². The lowest BCUT2D eigenvalue weighted by Crippen LogP contribution is -2.43. The van der Waals surface area contributed by atoms with Gasteiger partial charge in [0.25, 0.3) is 11.1 Å². The molecule has 2 aromatic heterocycles. The maximum Gasteiger partial charge on any atom is 0.255 e. The number of nitrogens with two attached hydrogens (primary N) is 1. The number of amides is 1. The molecule has 21 heteroatoms. The Morgan fingerprint density at radius 1 is 0.617 bits per heavy atom. The van der Waals surface area contributed by atoms with Crippen molar-refractivity contribution in [2.75, 3.05) is 88.1 Å². The highest BCUT2D eigenvalue weighted by atomic mass is 128. The third-order valence-electron chi connectivity index (χ3n) is 13.2. The zero-order chi connectivity index (χ0) is 54.5. The van der Waals surface area contributed by atoms with Gasteiger partial charge < -0.3 is 42.1 Å². The fourth-order valence-corrected chi connectivity index (χ4v) is 8.71. The number of hydrogen-bond acceptors (Lipinski definition) is 15. The number of aryl methyl sites for hydroxylation is 2. The van der Waals surface area contributed by atoms with E-state index < -0.39 is 5.24 Å². The van der Waals surface area contributed by atoms with Gasteiger partial charge in [-0.05, 0) is 146 Å². The summed E-state index contributed by atoms with van der Waals surface area (Å²) in [4.78, 5) is 51.2. The first-order valence-electron chi connectivity index (χ1n) is 25.4. The van der Waals surface area contributed by atoms with Crippen molar-refractivity contribution in [3.8, 4) is 0 Å². The molecule has 7 N–H and O–H groups in total. The van der Waals surface area contributed by atoms with Gasteiger partial charge in [0.15, 0.2) is 0 Å². The number of rotatable bonds is 11. The van der Waals surface area contributed by atoms with Gasteiger partial charge in [-0.25, -0.2) is 9.98 Å². The minimum atomic E-state index is -0.392. The Labute approximate surface area is 520 Å². The molecule has 0 bridgehead atoms. The minimum Gasteiger partial charge on any atom is -0.399 e. The van der Waals surface area contributed by atoms with Gasteiger partial charge in [0, 0.05) is 174 Å². The number of carbonyl (C=O) groups excluding carboxylic acids is 2. The molecule has 434 valence electrons. The average Bonchev–Trinajstić information content (AvgIpc) is 3.48. The molecule has 2 saturated heterocycles. The van der Waals surface area contributed by atoms with Crippen molar-refractivity contribution in [3.05, 3.63) is 203 Å². The van der Waals surface area contributed by atoms with Crippen molar-refractivity contribution in [2.24, 2.45) is 9.98 Å². The van der Waals surface area contributed by atoms with Gasteiger partial charge in [0.1, 0.15) is 12.1 Å². The van der Waals surface area contributed by atoms with Crippen molar-refractivity contribution in [3.63, 3.8) is 0 Å². The number of benzene rings is 4. The fraction of sp³-hybridized carbons (Fsp3) is 0.300. The molecule has 6 aromatic rings. The normalized spacial score (nSPS) is 16.6. The lowest BCUT2D eigenvalue weighted by molar-refractivity contribution is 0.102. The number of pyridine rings is 2. The van der Waals surface area contributed by atoms with E-state index in [4.69, 9.17) is 22.3 Å². The number of piperazine rings is 2. The van der Waals surface area contributed by atoms with Crippen LogP contribution in [0.5, 0.6) is 0 Å². The summed E-state index contributed by atoms with van der Waals surface area (Å²) in [5, 5.41) is 15.5. The number of guanidine groups is 2. The SMILES string of the molecule is C.C.CN1CCN(Cc2ccc(C(=O)Cl)cc2)CC1.Cc1ccc(N)cc1NC1=NC(c2cccnc2)C=CN1.Cc1ccc(NC(=O)c2ccc(CN3CCN(C)CC3)cc2)cc1NC1=NC(c2cccnc2)C=CN1.Cl.Cl.II. The third kappa shape index (κ3) is 22.2. The fourth-order valence-electron chi connectivity index (χ4n) is 8.58. The first-order valence-corrected chi connectivity index (χ1v) is 32.0. The summed E-state index contributed by atoms with van der Waals surface area (Å²) in [7, 11) is 4.31. The number of halogens is 5. The highest BCUT2D eigenvalue weighted by Crippen LogP contribution is 2.25. The number of aliphatic imine (C=N–C) groups is 2. The Kier molecular flexibility index (Phi) is 30.9. The second-order valence-electron chi connectivity index (χ2n) is 19.1. The molecule has 2 atom stereocenters. The summed E-state index contributed by atoms with van der Waals surface area (Å²) in [5.74, 6) is 1.20. The van der Waals surface area contributed by atoms with Crippen LogP contribution in [0, 0.1) is 13.8 Å². The zero-order valence-corrected chi connectivity index (χ0v) is 51.4. The number of nitrogen functional groups attached to an aromatic ring is 1. The molecule has 0 radical (unpaired) electrons. The monoisotopic (exact) mass is 1380 g/mol. The highest BCUT2D eigenvalue weighted by molar-refractivity contribution is 15.0. The van der Waals surface area contributed by atoms with Crippen LogP contribution in [-0.4, -0.2) is 119 Å². The van der Waals surface area contributed by atoms with Crippen LogP contribution in [0.1, 0.15) is 81.0 Å². The Morgan fingerprint density at radius 2 is 1.05 bits per heavy atom. The maximum absolute atomic E-state index is 12.9. The Bertz CT molecular complexity index is 2980. The van der Waals surface area contributed by atoms with E-state index in [9.17, 15) is 9.59 Å². The minimum absolute atomic E-state index is 0. The van der Waals surface area contributed by atoms with E-state index in [1.807, 2.05) is 136 Å². The van der Waals surface area contributed by atoms with Gasteiger partial charge >= 0.3 is 0 Å². The number of nitrogens with zero attached hydrogens (tertiary/aromatic N) is 8. The van der Waals surface area contributed by atoms with Crippen LogP contribution in [0.4, 0.5) is 22.7 Å². The quantitative estimate of drug-likeness (QED) is 0.0410. The summed E-state index contributed by atoms with van der Waals surface area (Å²) in [6.45, 7) is 14.7. The van der Waals surface area contributed by atoms with Crippen LogP contribution in [0.15, 0.2) is 169 Å². The Hall–Kier alpha value is -5.69. The molecule has 0 spiro atoms. The van der Waals surface area contributed by atoms with Crippen LogP contribution < -0.4 is 32.3 Å². The van der Waals surface area contributed by atoms with Crippen LogP contribution in [0.25, 0.3) is 0 Å². The first-order chi connectivity index (χ1) is 37.4. The van der Waals surface area contributed by atoms with Gasteiger partial charge in [-0.2, -0.15) is 0 Å². The second-order valence-corrected chi connectivity index (χ2v) is 19.4. The Morgan fingerprint density at radius 3 is 1.48 bits per heavy atom. The van der Waals surface area contributed by atoms with E-state index in [0.717, 1.165) is 110 Å². The summed E-state index contributed by atoms with van der Waals surface area (Å²) >= 11 is 9.65. The summed E-state index contributed by atoms with van der Waals surface area (Å²) < 4.78 is 0. The van der Waals surface area contributed by atoms with Gasteiger partial charge in [0.2, 0.25) is 11.9 Å². The van der Waals surface area contributed by atoms with Crippen LogP contribution >= 0.6 is 73.6 Å². The molecular weight excluding hydrogens is 1310 g/mol. The smallest absolute Gasteiger partial charge is 0.255 e. The van der Waals surface area contributed by atoms with Crippen molar-refractivity contribution in [1.29, 1.82) is 0 Å². The van der Waals surface area contributed by atoms with Crippen LogP contribution in [-0.2, 0) is 13.1 Å². The predicted octanol–water partition coefficient (Wildman–Crippen LogP) is 12.3. The second kappa shape index (κ2) is 36.0. The molecule has 4 aromatic carbocycles. The topological polar surface area (TPSA) is 184 Å². The maximum atomic E-state index is 12.9. The Balaban J connectivity index is 0.000000334. The van der Waals surface area contributed by atoms with E-state index in [1.165, 1.54) is 11.1 Å². The molecule has 6 heterocycles. The average molecular weight is 1390 g/mol. The standard InChI is InChI=1S/C29H33N7O.C16H17N5.C13H17ClN2O.2CH4.2ClH.I2/c1-21-5-10-25(18-27(21)34-29-31-13-11-26(33-29)24-4-3-12-30-19-24)32-28(37)23-8-6-22(7-9-23)20-36-16-14-35(2)15-17-36;1-11-4-5-13(17)9-15(11)21-16-19-8-6-14(20-16)12-3-2-7-18-10-12;1-15-6-8-16(9-7-15)10-11-2-4-12(5-3-11)13(14)17;;;;;1-2/h3-13,18-19,26H,14-17,20H2,1-2H3,(H,32,37)(H2,31,33,34);2-10,14H,17H2,1H3,(H2,19,20,21);2-5H,6-10H2,1H3;2*1H4;2*1H;. The predicted molar refractivity (Wildman–Crippen MR) is 360 cm³/mol. The number of anilines is 4. The molecular formula is C60H77Cl3I2N14O2. The zero-order valence-electron chi connectivity index (χ0n) is 44.7. The number of hydrogen-bond donors (Lipinski definition) is 6. The van der Waals surface area contributed by atoms with E-state index >= 15 is 0 Å². The lowest BCUT2D eigenvalue weighted by atomic mass is 10.1. The molecule has 10 rings (SSSR count). The largest absolute Gasteiger partial charge is 0.399 e. The van der Waals surface area contributed by atoms with Crippen molar-refractivity contribution >= 4 is 119 Å². The molecule has 81 heavy (non-hydrogen) atoms. The lowest BCUT2D eigenvalue weighted by Gasteiger charge is -2.32. The van der Waals surface area contributed by atoms with Crippen molar-refractivity contribution in [2.45, 2.75) is 53.9 Å². The summed E-state index contributed by atoms with van der Waals surface area (Å²) in [6, 6.07) is 34.7. The highest BCUT2D eigenvalue weighted by Gasteiger charge is 2.18. The summed E-state index contributed by atoms with van der Waals surface area (Å²) in [5.41, 5.74) is 17.0. The van der Waals surface area contributed by atoms with E-state index in [0.29, 0.717) is 23.0 Å². The first kappa shape index (κ1) is 69.6. The van der Waals surface area contributed by atoms with E-state index in [-0.39, 0.29) is 57.7 Å². The number of carbonyl (C=O) groups is 2. The molecule has 4 aliphatic rings. The van der Waals surface area contributed by atoms with Crippen molar-refractivity contribution < 1.29 is 9.59 Å². The van der Waals surface area contributed by atoms with E-state index in [2.05, 4.69) is 125 Å². The molecule has 0 aliphatic carbocycles. The number of aromatic nitrogens is 2. The van der Waals surface area contributed by atoms with E-state index in [1.54, 1.807) is 24.5 Å². The third-order valence-corrected chi connectivity index (χ3v) is 13.5. The van der Waals surface area contributed by atoms with Crippen LogP contribution in [0.2, 0.25) is 0 Å². The van der Waals surface area contributed by atoms with Gasteiger partial charge in [-0.15, -0.1) is 24.8 Å². The van der Waals surface area contributed by atoms with Gasteiger partial charge in [-0.3, -0.25) is 29.4 Å².